The average molecular weight is 439 g/mol. The summed E-state index contributed by atoms with van der Waals surface area (Å²) in [5.74, 6) is 0.586. The molecule has 2 heterocycles. The van der Waals surface area contributed by atoms with Crippen molar-refractivity contribution in [3.63, 3.8) is 0 Å². The van der Waals surface area contributed by atoms with E-state index in [9.17, 15) is 4.79 Å². The van der Waals surface area contributed by atoms with Gasteiger partial charge >= 0.3 is 6.03 Å². The molecule has 4 rings (SSSR count). The van der Waals surface area contributed by atoms with Crippen LogP contribution in [0.1, 0.15) is 18.2 Å². The number of aromatic nitrogens is 4. The molecule has 9 heteroatoms. The van der Waals surface area contributed by atoms with E-state index in [-0.39, 0.29) is 6.03 Å². The van der Waals surface area contributed by atoms with Crippen molar-refractivity contribution in [1.29, 1.82) is 0 Å². The summed E-state index contributed by atoms with van der Waals surface area (Å²) < 4.78 is 1.76. The molecule has 0 atom stereocenters. The number of anilines is 2. The Morgan fingerprint density at radius 2 is 1.90 bits per heavy atom. The quantitative estimate of drug-likeness (QED) is 0.405. The van der Waals surface area contributed by atoms with Crippen LogP contribution in [0.25, 0.3) is 5.78 Å². The van der Waals surface area contributed by atoms with E-state index in [1.807, 2.05) is 31.2 Å². The van der Waals surface area contributed by atoms with E-state index in [1.54, 1.807) is 40.5 Å². The second kappa shape index (κ2) is 8.73. The fourth-order valence-corrected chi connectivity index (χ4v) is 4.36. The molecule has 2 aromatic carbocycles. The molecule has 2 N–H and O–H groups in total. The third-order valence-corrected chi connectivity index (χ3v) is 5.80. The molecule has 4 aromatic rings. The number of carbonyl (C=O) groups excluding carboxylic acids is 1. The summed E-state index contributed by atoms with van der Waals surface area (Å²) in [6, 6.07) is 14.3. The third kappa shape index (κ3) is 4.39. The Hall–Kier alpha value is -3.10. The summed E-state index contributed by atoms with van der Waals surface area (Å²) in [4.78, 5) is 21.9. The lowest BCUT2D eigenvalue weighted by Crippen LogP contribution is -2.19. The lowest BCUT2D eigenvalue weighted by Gasteiger charge is -2.12. The number of nitrogens with one attached hydrogen (secondary N) is 2. The van der Waals surface area contributed by atoms with Crippen molar-refractivity contribution in [1.82, 2.24) is 19.6 Å². The number of benzene rings is 2. The minimum Gasteiger partial charge on any atom is -0.308 e. The van der Waals surface area contributed by atoms with Gasteiger partial charge in [-0.15, -0.1) is 0 Å². The van der Waals surface area contributed by atoms with E-state index in [0.717, 1.165) is 27.6 Å². The standard InChI is InChI=1S/C21H19ClN6OS/c1-3-18-13(2)25-20-23-12-24-28(20)19(18)30-17-9-7-15(8-10-17)26-21(29)27-16-6-4-5-14(22)11-16/h4-12H,3H2,1-2H3,(H2,26,27,29). The smallest absolute Gasteiger partial charge is 0.308 e. The summed E-state index contributed by atoms with van der Waals surface area (Å²) in [5, 5.41) is 11.5. The largest absolute Gasteiger partial charge is 0.323 e. The highest BCUT2D eigenvalue weighted by molar-refractivity contribution is 7.99. The average Bonchev–Trinajstić information content (AvgIpc) is 3.17. The first-order valence-electron chi connectivity index (χ1n) is 9.34. The van der Waals surface area contributed by atoms with Gasteiger partial charge in [0, 0.05) is 32.6 Å². The SMILES string of the molecule is CCc1c(C)nc2ncnn2c1Sc1ccc(NC(=O)Nc2cccc(Cl)c2)cc1. The molecule has 2 aromatic heterocycles. The number of rotatable bonds is 5. The van der Waals surface area contributed by atoms with Crippen molar-refractivity contribution >= 4 is 46.5 Å². The van der Waals surface area contributed by atoms with Crippen molar-refractivity contribution in [3.8, 4) is 0 Å². The highest BCUT2D eigenvalue weighted by Gasteiger charge is 2.14. The fourth-order valence-electron chi connectivity index (χ4n) is 3.04. The number of aryl methyl sites for hydroxylation is 1. The molecule has 0 spiro atoms. The van der Waals surface area contributed by atoms with Gasteiger partial charge in [0.2, 0.25) is 0 Å². The van der Waals surface area contributed by atoms with Crippen LogP contribution < -0.4 is 10.6 Å². The molecule has 0 radical (unpaired) electrons. The summed E-state index contributed by atoms with van der Waals surface area (Å²) in [6.45, 7) is 4.09. The van der Waals surface area contributed by atoms with Crippen LogP contribution in [0.5, 0.6) is 0 Å². The first-order chi connectivity index (χ1) is 14.5. The Balaban J connectivity index is 1.49. The minimum atomic E-state index is -0.333. The molecule has 0 fully saturated rings. The number of hydrogen-bond donors (Lipinski definition) is 2. The molecular formula is C21H19ClN6OS. The molecular weight excluding hydrogens is 420 g/mol. The van der Waals surface area contributed by atoms with E-state index in [4.69, 9.17) is 11.6 Å². The zero-order valence-electron chi connectivity index (χ0n) is 16.4. The maximum atomic E-state index is 12.2. The zero-order chi connectivity index (χ0) is 21.1. The topological polar surface area (TPSA) is 84.2 Å². The van der Waals surface area contributed by atoms with Crippen LogP contribution >= 0.6 is 23.4 Å². The van der Waals surface area contributed by atoms with Crippen molar-refractivity contribution in [2.24, 2.45) is 0 Å². The van der Waals surface area contributed by atoms with Gasteiger partial charge in [0.15, 0.2) is 0 Å². The van der Waals surface area contributed by atoms with Gasteiger partial charge in [-0.3, -0.25) is 0 Å². The maximum absolute atomic E-state index is 12.2. The van der Waals surface area contributed by atoms with Gasteiger partial charge in [-0.25, -0.2) is 9.78 Å². The molecule has 0 unspecified atom stereocenters. The van der Waals surface area contributed by atoms with Crippen molar-refractivity contribution < 1.29 is 4.79 Å². The minimum absolute atomic E-state index is 0.333. The Labute approximate surface area is 182 Å². The van der Waals surface area contributed by atoms with Crippen molar-refractivity contribution in [3.05, 3.63) is 71.1 Å². The van der Waals surface area contributed by atoms with Gasteiger partial charge in [0.1, 0.15) is 11.4 Å². The van der Waals surface area contributed by atoms with E-state index in [0.29, 0.717) is 22.2 Å². The van der Waals surface area contributed by atoms with Crippen LogP contribution in [-0.4, -0.2) is 25.6 Å². The number of nitrogens with zero attached hydrogens (tertiary/aromatic N) is 4. The first kappa shape index (κ1) is 20.2. The number of fused-ring (bicyclic) bond motifs is 1. The van der Waals surface area contributed by atoms with Gasteiger partial charge in [-0.05, 0) is 55.8 Å². The predicted octanol–water partition coefficient (Wildman–Crippen LogP) is 5.44. The Bertz CT molecular complexity index is 1210. The summed E-state index contributed by atoms with van der Waals surface area (Å²) in [5.41, 5.74) is 3.41. The first-order valence-corrected chi connectivity index (χ1v) is 10.5. The van der Waals surface area contributed by atoms with Crippen LogP contribution in [-0.2, 0) is 6.42 Å². The lowest BCUT2D eigenvalue weighted by atomic mass is 10.2. The monoisotopic (exact) mass is 438 g/mol. The van der Waals surface area contributed by atoms with Crippen LogP contribution in [0.4, 0.5) is 16.2 Å². The van der Waals surface area contributed by atoms with Crippen LogP contribution in [0.3, 0.4) is 0 Å². The Morgan fingerprint density at radius 1 is 1.13 bits per heavy atom. The molecule has 0 aliphatic carbocycles. The number of amides is 2. The van der Waals surface area contributed by atoms with Crippen LogP contribution in [0.15, 0.2) is 64.8 Å². The van der Waals surface area contributed by atoms with Gasteiger partial charge in [-0.2, -0.15) is 14.6 Å². The highest BCUT2D eigenvalue weighted by Crippen LogP contribution is 2.32. The molecule has 0 saturated heterocycles. The molecule has 0 aliphatic heterocycles. The van der Waals surface area contributed by atoms with Gasteiger partial charge in [0.25, 0.3) is 5.78 Å². The molecule has 7 nitrogen and oxygen atoms in total. The number of hydrogen-bond acceptors (Lipinski definition) is 5. The lowest BCUT2D eigenvalue weighted by molar-refractivity contribution is 0.262. The van der Waals surface area contributed by atoms with Crippen LogP contribution in [0.2, 0.25) is 5.02 Å². The summed E-state index contributed by atoms with van der Waals surface area (Å²) in [7, 11) is 0. The molecule has 0 saturated carbocycles. The number of urea groups is 1. The predicted molar refractivity (Wildman–Crippen MR) is 120 cm³/mol. The third-order valence-electron chi connectivity index (χ3n) is 4.45. The zero-order valence-corrected chi connectivity index (χ0v) is 18.0. The maximum Gasteiger partial charge on any atom is 0.323 e. The second-order valence-corrected chi connectivity index (χ2v) is 8.02. The van der Waals surface area contributed by atoms with E-state index in [2.05, 4.69) is 32.6 Å². The fraction of sp³-hybridized carbons (Fsp3) is 0.143. The van der Waals surface area contributed by atoms with Crippen LogP contribution in [0, 0.1) is 6.92 Å². The van der Waals surface area contributed by atoms with Gasteiger partial charge < -0.3 is 10.6 Å². The Kier molecular flexibility index (Phi) is 5.87. The number of halogens is 1. The Morgan fingerprint density at radius 3 is 2.63 bits per heavy atom. The normalized spacial score (nSPS) is 10.9. The van der Waals surface area contributed by atoms with E-state index < -0.39 is 0 Å². The molecule has 0 bridgehead atoms. The van der Waals surface area contributed by atoms with Crippen molar-refractivity contribution in [2.45, 2.75) is 30.2 Å². The van der Waals surface area contributed by atoms with Gasteiger partial charge in [-0.1, -0.05) is 36.4 Å². The highest BCUT2D eigenvalue weighted by atomic mass is 35.5. The van der Waals surface area contributed by atoms with Crippen molar-refractivity contribution in [2.75, 3.05) is 10.6 Å². The van der Waals surface area contributed by atoms with Gasteiger partial charge in [0.05, 0.1) is 0 Å². The molecule has 2 amide bonds. The second-order valence-electron chi connectivity index (χ2n) is 6.52. The molecule has 152 valence electrons. The number of carbonyl (C=O) groups is 1. The van der Waals surface area contributed by atoms with E-state index >= 15 is 0 Å². The molecule has 30 heavy (non-hydrogen) atoms. The summed E-state index contributed by atoms with van der Waals surface area (Å²) in [6.07, 6.45) is 2.36. The van der Waals surface area contributed by atoms with E-state index in [1.165, 1.54) is 6.33 Å². The molecule has 0 aliphatic rings. The summed E-state index contributed by atoms with van der Waals surface area (Å²) >= 11 is 7.54.